The van der Waals surface area contributed by atoms with E-state index in [-0.39, 0.29) is 36.6 Å². The molecule has 3 nitrogen and oxygen atoms in total. The maximum absolute atomic E-state index is 12.4. The van der Waals surface area contributed by atoms with Crippen LogP contribution in [0.15, 0.2) is 29.3 Å². The van der Waals surface area contributed by atoms with Gasteiger partial charge in [-0.2, -0.15) is 13.2 Å². The van der Waals surface area contributed by atoms with Gasteiger partial charge in [0.15, 0.2) is 5.96 Å². The van der Waals surface area contributed by atoms with E-state index in [0.29, 0.717) is 11.5 Å². The SMILES string of the molecule is CCC(C)NC(N)=NCc1ccc(C(F)(F)F)cc1.I. The monoisotopic (exact) mass is 401 g/mol. The minimum absolute atomic E-state index is 0. The molecule has 1 atom stereocenters. The summed E-state index contributed by atoms with van der Waals surface area (Å²) in [5.74, 6) is 0.300. The van der Waals surface area contributed by atoms with Crippen molar-refractivity contribution < 1.29 is 13.2 Å². The fourth-order valence-corrected chi connectivity index (χ4v) is 1.38. The maximum Gasteiger partial charge on any atom is 0.416 e. The summed E-state index contributed by atoms with van der Waals surface area (Å²) >= 11 is 0. The van der Waals surface area contributed by atoms with Crippen molar-refractivity contribution in [1.82, 2.24) is 5.32 Å². The Morgan fingerprint density at radius 1 is 1.30 bits per heavy atom. The quantitative estimate of drug-likeness (QED) is 0.461. The van der Waals surface area contributed by atoms with Crippen molar-refractivity contribution in [2.24, 2.45) is 10.7 Å². The Kier molecular flexibility index (Phi) is 7.92. The van der Waals surface area contributed by atoms with Crippen LogP contribution < -0.4 is 11.1 Å². The molecule has 1 rings (SSSR count). The van der Waals surface area contributed by atoms with Crippen LogP contribution >= 0.6 is 24.0 Å². The molecular formula is C13H19F3IN3. The van der Waals surface area contributed by atoms with Crippen molar-refractivity contribution in [2.45, 2.75) is 39.0 Å². The van der Waals surface area contributed by atoms with Gasteiger partial charge in [-0.3, -0.25) is 0 Å². The summed E-state index contributed by atoms with van der Waals surface area (Å²) in [4.78, 5) is 4.08. The Morgan fingerprint density at radius 2 is 1.85 bits per heavy atom. The van der Waals surface area contributed by atoms with Crippen molar-refractivity contribution >= 4 is 29.9 Å². The van der Waals surface area contributed by atoms with Gasteiger partial charge < -0.3 is 11.1 Å². The van der Waals surface area contributed by atoms with E-state index in [9.17, 15) is 13.2 Å². The van der Waals surface area contributed by atoms with Gasteiger partial charge in [0.2, 0.25) is 0 Å². The van der Waals surface area contributed by atoms with E-state index < -0.39 is 11.7 Å². The lowest BCUT2D eigenvalue weighted by Crippen LogP contribution is -2.38. The maximum atomic E-state index is 12.4. The first-order chi connectivity index (χ1) is 8.82. The van der Waals surface area contributed by atoms with Crippen LogP contribution in [0.25, 0.3) is 0 Å². The zero-order chi connectivity index (χ0) is 14.5. The van der Waals surface area contributed by atoms with Crippen LogP contribution in [0.5, 0.6) is 0 Å². The third-order valence-corrected chi connectivity index (χ3v) is 2.72. The van der Waals surface area contributed by atoms with Gasteiger partial charge in [0.1, 0.15) is 0 Å². The van der Waals surface area contributed by atoms with E-state index in [1.165, 1.54) is 12.1 Å². The summed E-state index contributed by atoms with van der Waals surface area (Å²) in [6.07, 6.45) is -3.39. The second kappa shape index (κ2) is 8.33. The molecule has 0 fully saturated rings. The van der Waals surface area contributed by atoms with Gasteiger partial charge in [0, 0.05) is 6.04 Å². The average molecular weight is 401 g/mol. The number of hydrogen-bond acceptors (Lipinski definition) is 1. The molecule has 0 aliphatic heterocycles. The zero-order valence-electron chi connectivity index (χ0n) is 11.4. The molecule has 1 aromatic rings. The zero-order valence-corrected chi connectivity index (χ0v) is 13.7. The highest BCUT2D eigenvalue weighted by Gasteiger charge is 2.29. The first-order valence-electron chi connectivity index (χ1n) is 6.05. The molecule has 3 N–H and O–H groups in total. The van der Waals surface area contributed by atoms with E-state index in [1.54, 1.807) is 0 Å². The summed E-state index contributed by atoms with van der Waals surface area (Å²) in [6, 6.07) is 5.12. The Hall–Kier alpha value is -0.990. The lowest BCUT2D eigenvalue weighted by atomic mass is 10.1. The minimum atomic E-state index is -4.31. The molecule has 20 heavy (non-hydrogen) atoms. The second-order valence-electron chi connectivity index (χ2n) is 4.35. The number of nitrogens with one attached hydrogen (secondary N) is 1. The number of hydrogen-bond donors (Lipinski definition) is 2. The number of guanidine groups is 1. The molecule has 0 amide bonds. The van der Waals surface area contributed by atoms with Crippen LogP contribution in [0.4, 0.5) is 13.2 Å². The van der Waals surface area contributed by atoms with E-state index in [2.05, 4.69) is 10.3 Å². The van der Waals surface area contributed by atoms with Gasteiger partial charge in [0.05, 0.1) is 12.1 Å². The second-order valence-corrected chi connectivity index (χ2v) is 4.35. The molecule has 1 unspecified atom stereocenters. The normalized spacial score (nSPS) is 13.6. The Labute approximate surface area is 133 Å². The Balaban J connectivity index is 0.00000361. The van der Waals surface area contributed by atoms with Crippen LogP contribution in [0, 0.1) is 0 Å². The summed E-state index contributed by atoms with van der Waals surface area (Å²) in [5, 5.41) is 2.98. The van der Waals surface area contributed by atoms with Crippen molar-refractivity contribution in [1.29, 1.82) is 0 Å². The van der Waals surface area contributed by atoms with Crippen molar-refractivity contribution in [3.63, 3.8) is 0 Å². The van der Waals surface area contributed by atoms with Crippen molar-refractivity contribution in [3.05, 3.63) is 35.4 Å². The third-order valence-electron chi connectivity index (χ3n) is 2.72. The summed E-state index contributed by atoms with van der Waals surface area (Å²) in [5.41, 5.74) is 5.68. The fourth-order valence-electron chi connectivity index (χ4n) is 1.38. The largest absolute Gasteiger partial charge is 0.416 e. The minimum Gasteiger partial charge on any atom is -0.370 e. The van der Waals surface area contributed by atoms with Crippen LogP contribution in [0.1, 0.15) is 31.4 Å². The van der Waals surface area contributed by atoms with Gasteiger partial charge in [-0.25, -0.2) is 4.99 Å². The number of nitrogens with zero attached hydrogens (tertiary/aromatic N) is 1. The predicted octanol–water partition coefficient (Wildman–Crippen LogP) is 3.53. The topological polar surface area (TPSA) is 50.4 Å². The van der Waals surface area contributed by atoms with Crippen molar-refractivity contribution in [3.8, 4) is 0 Å². The molecule has 0 saturated heterocycles. The molecule has 0 aromatic heterocycles. The molecule has 0 aliphatic carbocycles. The van der Waals surface area contributed by atoms with Gasteiger partial charge in [-0.15, -0.1) is 24.0 Å². The molecule has 0 bridgehead atoms. The van der Waals surface area contributed by atoms with Gasteiger partial charge in [-0.05, 0) is 31.0 Å². The number of halogens is 4. The number of nitrogens with two attached hydrogens (primary N) is 1. The third kappa shape index (κ3) is 6.44. The predicted molar refractivity (Wildman–Crippen MR) is 85.1 cm³/mol. The highest BCUT2D eigenvalue weighted by molar-refractivity contribution is 14.0. The van der Waals surface area contributed by atoms with Crippen LogP contribution in [-0.2, 0) is 12.7 Å². The highest BCUT2D eigenvalue weighted by atomic mass is 127. The first-order valence-corrected chi connectivity index (χ1v) is 6.05. The standard InChI is InChI=1S/C13H18F3N3.HI/c1-3-9(2)19-12(17)18-8-10-4-6-11(7-5-10)13(14,15)16;/h4-7,9H,3,8H2,1-2H3,(H3,17,18,19);1H. The number of rotatable bonds is 4. The number of alkyl halides is 3. The Bertz CT molecular complexity index is 429. The van der Waals surface area contributed by atoms with Crippen molar-refractivity contribution in [2.75, 3.05) is 0 Å². The molecule has 0 spiro atoms. The Morgan fingerprint density at radius 3 is 2.30 bits per heavy atom. The van der Waals surface area contributed by atoms with Gasteiger partial charge in [-0.1, -0.05) is 19.1 Å². The molecule has 114 valence electrons. The highest BCUT2D eigenvalue weighted by Crippen LogP contribution is 2.29. The van der Waals surface area contributed by atoms with E-state index in [1.807, 2.05) is 13.8 Å². The molecule has 1 aromatic carbocycles. The summed E-state index contributed by atoms with van der Waals surface area (Å²) in [6.45, 7) is 4.24. The molecule has 0 saturated carbocycles. The number of aliphatic imine (C=N–C) groups is 1. The molecular weight excluding hydrogens is 382 g/mol. The number of benzene rings is 1. The summed E-state index contributed by atoms with van der Waals surface area (Å²) < 4.78 is 37.1. The van der Waals surface area contributed by atoms with E-state index >= 15 is 0 Å². The van der Waals surface area contributed by atoms with Crippen LogP contribution in [0.2, 0.25) is 0 Å². The molecule has 0 aliphatic rings. The molecule has 7 heteroatoms. The van der Waals surface area contributed by atoms with Crippen LogP contribution in [-0.4, -0.2) is 12.0 Å². The fraction of sp³-hybridized carbons (Fsp3) is 0.462. The average Bonchev–Trinajstić information content (AvgIpc) is 2.35. The van der Waals surface area contributed by atoms with Gasteiger partial charge in [0.25, 0.3) is 0 Å². The first kappa shape index (κ1) is 19.0. The molecule has 0 radical (unpaired) electrons. The van der Waals surface area contributed by atoms with Crippen LogP contribution in [0.3, 0.4) is 0 Å². The van der Waals surface area contributed by atoms with E-state index in [0.717, 1.165) is 18.6 Å². The summed E-state index contributed by atoms with van der Waals surface area (Å²) in [7, 11) is 0. The van der Waals surface area contributed by atoms with Gasteiger partial charge >= 0.3 is 6.18 Å². The van der Waals surface area contributed by atoms with E-state index in [4.69, 9.17) is 5.73 Å². The smallest absolute Gasteiger partial charge is 0.370 e. The lowest BCUT2D eigenvalue weighted by molar-refractivity contribution is -0.137. The molecule has 0 heterocycles. The lowest BCUT2D eigenvalue weighted by Gasteiger charge is -2.11.